The number of rotatable bonds is 4. The van der Waals surface area contributed by atoms with Crippen molar-refractivity contribution in [3.05, 3.63) is 47.3 Å². The third kappa shape index (κ3) is 4.37. The minimum atomic E-state index is -4.43. The molecule has 1 saturated heterocycles. The molecule has 3 rings (SSSR count). The topological polar surface area (TPSA) is 59.0 Å². The van der Waals surface area contributed by atoms with Crippen molar-refractivity contribution in [1.29, 1.82) is 0 Å². The van der Waals surface area contributed by atoms with Gasteiger partial charge in [0.25, 0.3) is 5.91 Å². The summed E-state index contributed by atoms with van der Waals surface area (Å²) in [4.78, 5) is 12.3. The largest absolute Gasteiger partial charge is 0.416 e. The van der Waals surface area contributed by atoms with Crippen LogP contribution in [0.3, 0.4) is 0 Å². The summed E-state index contributed by atoms with van der Waals surface area (Å²) in [7, 11) is 0. The fraction of sp³-hybridized carbons (Fsp3) is 0.412. The van der Waals surface area contributed by atoms with E-state index in [0.29, 0.717) is 17.8 Å². The van der Waals surface area contributed by atoms with Crippen LogP contribution in [0.4, 0.5) is 13.2 Å². The Morgan fingerprint density at radius 3 is 2.85 bits per heavy atom. The van der Waals surface area contributed by atoms with Gasteiger partial charge in [-0.05, 0) is 44.5 Å². The molecule has 2 aromatic rings. The molecule has 0 bridgehead atoms. The molecule has 0 spiro atoms. The van der Waals surface area contributed by atoms with Crippen LogP contribution in [0, 0.1) is 6.92 Å². The van der Waals surface area contributed by atoms with E-state index >= 15 is 0 Å². The maximum absolute atomic E-state index is 12.9. The first-order valence-electron chi connectivity index (χ1n) is 8.10. The zero-order valence-electron chi connectivity index (χ0n) is 14.1. The van der Waals surface area contributed by atoms with Gasteiger partial charge in [0.15, 0.2) is 0 Å². The van der Waals surface area contributed by atoms with Gasteiger partial charge in [0.2, 0.25) is 0 Å². The fourth-order valence-electron chi connectivity index (χ4n) is 2.95. The standard InChI is InChI=1S/C17H19F3N4O.ClH/c1-11-15(16(25)22-9-13-5-3-7-21-13)10-23-24(11)14-6-2-4-12(8-14)17(18,19)20;/h2,4,6,8,10,13,21H,3,5,7,9H2,1H3,(H,22,25);1H. The zero-order valence-corrected chi connectivity index (χ0v) is 15.0. The summed E-state index contributed by atoms with van der Waals surface area (Å²) in [6.07, 6.45) is -0.936. The van der Waals surface area contributed by atoms with Crippen molar-refractivity contribution in [2.75, 3.05) is 13.1 Å². The lowest BCUT2D eigenvalue weighted by atomic mass is 10.2. The number of nitrogens with zero attached hydrogens (tertiary/aromatic N) is 2. The van der Waals surface area contributed by atoms with Gasteiger partial charge >= 0.3 is 6.18 Å². The van der Waals surface area contributed by atoms with E-state index in [1.54, 1.807) is 6.92 Å². The van der Waals surface area contributed by atoms with Crippen molar-refractivity contribution in [3.8, 4) is 5.69 Å². The molecule has 26 heavy (non-hydrogen) atoms. The van der Waals surface area contributed by atoms with Crippen LogP contribution in [0.25, 0.3) is 5.69 Å². The van der Waals surface area contributed by atoms with Crippen LogP contribution < -0.4 is 10.6 Å². The van der Waals surface area contributed by atoms with E-state index in [9.17, 15) is 18.0 Å². The predicted molar refractivity (Wildman–Crippen MR) is 93.9 cm³/mol. The Labute approximate surface area is 155 Å². The monoisotopic (exact) mass is 388 g/mol. The van der Waals surface area contributed by atoms with Gasteiger partial charge in [0, 0.05) is 12.6 Å². The third-order valence-electron chi connectivity index (χ3n) is 4.34. The Balaban J connectivity index is 0.00000243. The fourth-order valence-corrected chi connectivity index (χ4v) is 2.95. The van der Waals surface area contributed by atoms with Crippen LogP contribution in [-0.2, 0) is 6.18 Å². The Bertz CT molecular complexity index is 770. The van der Waals surface area contributed by atoms with Crippen molar-refractivity contribution in [3.63, 3.8) is 0 Å². The van der Waals surface area contributed by atoms with Gasteiger partial charge in [-0.2, -0.15) is 18.3 Å². The van der Waals surface area contributed by atoms with Crippen molar-refractivity contribution in [1.82, 2.24) is 20.4 Å². The van der Waals surface area contributed by atoms with E-state index in [2.05, 4.69) is 15.7 Å². The van der Waals surface area contributed by atoms with Gasteiger partial charge in [-0.1, -0.05) is 6.07 Å². The molecule has 1 atom stereocenters. The quantitative estimate of drug-likeness (QED) is 0.846. The summed E-state index contributed by atoms with van der Waals surface area (Å²) in [6, 6.07) is 5.14. The molecule has 1 aromatic heterocycles. The number of benzene rings is 1. The number of alkyl halides is 3. The molecule has 1 fully saturated rings. The average molecular weight is 389 g/mol. The average Bonchev–Trinajstić information content (AvgIpc) is 3.21. The van der Waals surface area contributed by atoms with E-state index < -0.39 is 11.7 Å². The van der Waals surface area contributed by atoms with E-state index in [0.717, 1.165) is 31.5 Å². The van der Waals surface area contributed by atoms with Gasteiger partial charge in [-0.25, -0.2) is 4.68 Å². The number of carbonyl (C=O) groups is 1. The lowest BCUT2D eigenvalue weighted by Gasteiger charge is -2.12. The predicted octanol–water partition coefficient (Wildman–Crippen LogP) is 3.10. The molecule has 0 radical (unpaired) electrons. The Morgan fingerprint density at radius 1 is 1.42 bits per heavy atom. The van der Waals surface area contributed by atoms with Crippen LogP contribution in [-0.4, -0.2) is 34.8 Å². The summed E-state index contributed by atoms with van der Waals surface area (Å²) >= 11 is 0. The maximum Gasteiger partial charge on any atom is 0.416 e. The van der Waals surface area contributed by atoms with Gasteiger partial charge in [-0.3, -0.25) is 4.79 Å². The third-order valence-corrected chi connectivity index (χ3v) is 4.34. The zero-order chi connectivity index (χ0) is 18.0. The molecule has 9 heteroatoms. The smallest absolute Gasteiger partial charge is 0.350 e. The Hall–Kier alpha value is -2.06. The van der Waals surface area contributed by atoms with Crippen LogP contribution in [0.15, 0.2) is 30.5 Å². The molecule has 1 unspecified atom stereocenters. The van der Waals surface area contributed by atoms with Crippen molar-refractivity contribution >= 4 is 18.3 Å². The number of aromatic nitrogens is 2. The number of carbonyl (C=O) groups excluding carboxylic acids is 1. The highest BCUT2D eigenvalue weighted by Crippen LogP contribution is 2.30. The molecule has 1 aromatic carbocycles. The molecule has 2 heterocycles. The van der Waals surface area contributed by atoms with Crippen molar-refractivity contribution in [2.24, 2.45) is 0 Å². The van der Waals surface area contributed by atoms with Crippen molar-refractivity contribution in [2.45, 2.75) is 32.0 Å². The summed E-state index contributed by atoms with van der Waals surface area (Å²) in [6.45, 7) is 3.13. The Kier molecular flexibility index (Phi) is 6.30. The van der Waals surface area contributed by atoms with Crippen LogP contribution in [0.2, 0.25) is 0 Å². The van der Waals surface area contributed by atoms with E-state index in [-0.39, 0.29) is 30.0 Å². The van der Waals surface area contributed by atoms with E-state index in [4.69, 9.17) is 0 Å². The molecule has 1 amide bonds. The highest BCUT2D eigenvalue weighted by molar-refractivity contribution is 5.95. The minimum absolute atomic E-state index is 0. The normalized spacial score (nSPS) is 17.0. The first-order valence-corrected chi connectivity index (χ1v) is 8.10. The molecular weight excluding hydrogens is 369 g/mol. The van der Waals surface area contributed by atoms with Gasteiger partial charge in [0.1, 0.15) is 0 Å². The molecule has 142 valence electrons. The highest BCUT2D eigenvalue weighted by Gasteiger charge is 2.30. The molecule has 2 N–H and O–H groups in total. The summed E-state index contributed by atoms with van der Waals surface area (Å²) in [5.74, 6) is -0.274. The maximum atomic E-state index is 12.9. The lowest BCUT2D eigenvalue weighted by molar-refractivity contribution is -0.137. The SMILES string of the molecule is Cc1c(C(=O)NCC2CCCN2)cnn1-c1cccc(C(F)(F)F)c1.Cl. The first kappa shape index (κ1) is 20.3. The van der Waals surface area contributed by atoms with Crippen LogP contribution in [0.1, 0.15) is 34.5 Å². The minimum Gasteiger partial charge on any atom is -0.350 e. The second-order valence-corrected chi connectivity index (χ2v) is 6.11. The van der Waals surface area contributed by atoms with E-state index in [1.807, 2.05) is 0 Å². The number of hydrogen-bond acceptors (Lipinski definition) is 3. The molecule has 1 aliphatic rings. The molecule has 1 aliphatic heterocycles. The second-order valence-electron chi connectivity index (χ2n) is 6.11. The molecular formula is C17H20ClF3N4O. The molecule has 0 saturated carbocycles. The van der Waals surface area contributed by atoms with Crippen molar-refractivity contribution < 1.29 is 18.0 Å². The number of nitrogens with one attached hydrogen (secondary N) is 2. The number of halogens is 4. The lowest BCUT2D eigenvalue weighted by Crippen LogP contribution is -2.37. The number of amides is 1. The summed E-state index contributed by atoms with van der Waals surface area (Å²) < 4.78 is 39.9. The van der Waals surface area contributed by atoms with Crippen LogP contribution >= 0.6 is 12.4 Å². The Morgan fingerprint density at radius 2 is 2.19 bits per heavy atom. The molecule has 0 aliphatic carbocycles. The van der Waals surface area contributed by atoms with Gasteiger partial charge in [0.05, 0.1) is 28.7 Å². The second kappa shape index (κ2) is 8.09. The van der Waals surface area contributed by atoms with Gasteiger partial charge in [-0.15, -0.1) is 12.4 Å². The molecule has 5 nitrogen and oxygen atoms in total. The van der Waals surface area contributed by atoms with E-state index in [1.165, 1.54) is 23.0 Å². The van der Waals surface area contributed by atoms with Gasteiger partial charge < -0.3 is 10.6 Å². The number of hydrogen-bond donors (Lipinski definition) is 2. The van der Waals surface area contributed by atoms with Crippen LogP contribution in [0.5, 0.6) is 0 Å². The first-order chi connectivity index (χ1) is 11.9. The highest BCUT2D eigenvalue weighted by atomic mass is 35.5. The summed E-state index contributed by atoms with van der Waals surface area (Å²) in [5.41, 5.74) is 0.369. The summed E-state index contributed by atoms with van der Waals surface area (Å²) in [5, 5.41) is 10.2.